The zero-order chi connectivity index (χ0) is 21.3. The van der Waals surface area contributed by atoms with Gasteiger partial charge in [-0.25, -0.2) is 0 Å². The van der Waals surface area contributed by atoms with Gasteiger partial charge in [-0.3, -0.25) is 14.9 Å². The lowest BCUT2D eigenvalue weighted by Gasteiger charge is -2.09. The lowest BCUT2D eigenvalue weighted by atomic mass is 9.98. The summed E-state index contributed by atoms with van der Waals surface area (Å²) in [6, 6.07) is 19.4. The maximum atomic E-state index is 12.7. The Labute approximate surface area is 181 Å². The van der Waals surface area contributed by atoms with Gasteiger partial charge in [0, 0.05) is 41.8 Å². The fourth-order valence-electron chi connectivity index (χ4n) is 3.24. The molecule has 1 amide bonds. The van der Waals surface area contributed by atoms with Crippen molar-refractivity contribution in [3.63, 3.8) is 0 Å². The van der Waals surface area contributed by atoms with Crippen LogP contribution in [0.25, 0.3) is 11.1 Å². The smallest absolute Gasteiger partial charge is 0.251 e. The van der Waals surface area contributed by atoms with Crippen molar-refractivity contribution in [2.24, 2.45) is 0 Å². The summed E-state index contributed by atoms with van der Waals surface area (Å²) in [5.74, 6) is 6.35. The van der Waals surface area contributed by atoms with E-state index in [1.165, 1.54) is 0 Å². The van der Waals surface area contributed by atoms with Crippen molar-refractivity contribution < 1.29 is 4.79 Å². The van der Waals surface area contributed by atoms with Gasteiger partial charge < -0.3 is 5.32 Å². The van der Waals surface area contributed by atoms with Crippen molar-refractivity contribution >= 4 is 5.91 Å². The third-order valence-corrected chi connectivity index (χ3v) is 4.87. The molecule has 0 saturated carbocycles. The summed E-state index contributed by atoms with van der Waals surface area (Å²) in [6.45, 7) is 0.598. The quantitative estimate of drug-likeness (QED) is 0.372. The summed E-state index contributed by atoms with van der Waals surface area (Å²) < 4.78 is 0. The van der Waals surface area contributed by atoms with Crippen molar-refractivity contribution in [3.8, 4) is 23.0 Å². The number of hydrogen-bond acceptors (Lipinski definition) is 3. The Morgan fingerprint density at radius 1 is 1.00 bits per heavy atom. The molecule has 0 bridgehead atoms. The molecule has 5 nitrogen and oxygen atoms in total. The van der Waals surface area contributed by atoms with Crippen LogP contribution < -0.4 is 5.32 Å². The second-order valence-electron chi connectivity index (χ2n) is 7.08. The number of benzene rings is 2. The standard InChI is InChI=1S/C26H22N4O/c31-26(28-14-4-7-21-18-29-30-19-21)24-10-11-25(22-12-15-27-16-13-22)23(17-24)9-8-20-5-2-1-3-6-20/h1-3,5-6,10-13,15-19H,4,7,14H2,(H,28,31)(H,29,30). The van der Waals surface area contributed by atoms with E-state index in [0.717, 1.165) is 40.7 Å². The third kappa shape index (κ3) is 5.46. The summed E-state index contributed by atoms with van der Waals surface area (Å²) in [5, 5.41) is 9.73. The lowest BCUT2D eigenvalue weighted by molar-refractivity contribution is 0.0953. The molecule has 4 rings (SSSR count). The van der Waals surface area contributed by atoms with Crippen LogP contribution in [0.5, 0.6) is 0 Å². The second-order valence-corrected chi connectivity index (χ2v) is 7.08. The topological polar surface area (TPSA) is 70.7 Å². The summed E-state index contributed by atoms with van der Waals surface area (Å²) in [4.78, 5) is 16.8. The Hall–Kier alpha value is -4.17. The van der Waals surface area contributed by atoms with Crippen LogP contribution in [-0.4, -0.2) is 27.6 Å². The molecule has 2 aromatic carbocycles. The average Bonchev–Trinajstić information content (AvgIpc) is 3.35. The van der Waals surface area contributed by atoms with Gasteiger partial charge in [0.1, 0.15) is 0 Å². The zero-order valence-corrected chi connectivity index (χ0v) is 17.0. The molecule has 0 aliphatic carbocycles. The molecule has 0 unspecified atom stereocenters. The van der Waals surface area contributed by atoms with Crippen LogP contribution in [0.3, 0.4) is 0 Å². The van der Waals surface area contributed by atoms with Gasteiger partial charge in [-0.1, -0.05) is 36.1 Å². The number of aromatic nitrogens is 3. The Morgan fingerprint density at radius 2 is 1.84 bits per heavy atom. The number of pyridine rings is 1. The highest BCUT2D eigenvalue weighted by Crippen LogP contribution is 2.24. The van der Waals surface area contributed by atoms with Gasteiger partial charge >= 0.3 is 0 Å². The Morgan fingerprint density at radius 3 is 2.61 bits per heavy atom. The lowest BCUT2D eigenvalue weighted by Crippen LogP contribution is -2.24. The first kappa shape index (κ1) is 20.1. The Kier molecular flexibility index (Phi) is 6.51. The first-order valence-corrected chi connectivity index (χ1v) is 10.2. The first-order valence-electron chi connectivity index (χ1n) is 10.2. The molecule has 0 aliphatic heterocycles. The maximum absolute atomic E-state index is 12.7. The largest absolute Gasteiger partial charge is 0.352 e. The fourth-order valence-corrected chi connectivity index (χ4v) is 3.24. The average molecular weight is 406 g/mol. The van der Waals surface area contributed by atoms with E-state index in [2.05, 4.69) is 32.3 Å². The first-order chi connectivity index (χ1) is 15.3. The molecule has 0 spiro atoms. The summed E-state index contributed by atoms with van der Waals surface area (Å²) in [7, 11) is 0. The SMILES string of the molecule is O=C(NCCCc1cn[nH]c1)c1ccc(-c2ccncc2)c(C#Cc2ccccc2)c1. The Balaban J connectivity index is 1.53. The number of aromatic amines is 1. The molecule has 152 valence electrons. The third-order valence-electron chi connectivity index (χ3n) is 4.87. The van der Waals surface area contributed by atoms with E-state index in [1.807, 2.05) is 66.9 Å². The maximum Gasteiger partial charge on any atom is 0.251 e. The van der Waals surface area contributed by atoms with E-state index in [-0.39, 0.29) is 5.91 Å². The van der Waals surface area contributed by atoms with Gasteiger partial charge in [-0.15, -0.1) is 0 Å². The van der Waals surface area contributed by atoms with E-state index < -0.39 is 0 Å². The molecule has 2 N–H and O–H groups in total. The van der Waals surface area contributed by atoms with Gasteiger partial charge in [0.25, 0.3) is 5.91 Å². The highest BCUT2D eigenvalue weighted by atomic mass is 16.1. The molecule has 5 heteroatoms. The number of hydrogen-bond donors (Lipinski definition) is 2. The van der Waals surface area contributed by atoms with E-state index in [9.17, 15) is 4.79 Å². The van der Waals surface area contributed by atoms with Gasteiger partial charge in [0.15, 0.2) is 0 Å². The Bertz CT molecular complexity index is 1190. The van der Waals surface area contributed by atoms with Crippen LogP contribution in [-0.2, 0) is 6.42 Å². The molecule has 0 fully saturated rings. The number of rotatable bonds is 6. The van der Waals surface area contributed by atoms with Crippen LogP contribution in [0.2, 0.25) is 0 Å². The minimum Gasteiger partial charge on any atom is -0.352 e. The minimum absolute atomic E-state index is 0.101. The normalized spacial score (nSPS) is 10.2. The van der Waals surface area contributed by atoms with E-state index in [0.29, 0.717) is 12.1 Å². The molecule has 2 aromatic heterocycles. The molecule has 0 atom stereocenters. The van der Waals surface area contributed by atoms with Crippen molar-refractivity contribution in [1.82, 2.24) is 20.5 Å². The van der Waals surface area contributed by atoms with Crippen molar-refractivity contribution in [2.45, 2.75) is 12.8 Å². The van der Waals surface area contributed by atoms with Gasteiger partial charge in [-0.05, 0) is 65.9 Å². The minimum atomic E-state index is -0.101. The van der Waals surface area contributed by atoms with Crippen LogP contribution >= 0.6 is 0 Å². The molecule has 31 heavy (non-hydrogen) atoms. The van der Waals surface area contributed by atoms with E-state index >= 15 is 0 Å². The molecule has 0 radical (unpaired) electrons. The van der Waals surface area contributed by atoms with Gasteiger partial charge in [0.05, 0.1) is 6.20 Å². The summed E-state index contributed by atoms with van der Waals surface area (Å²) in [6.07, 6.45) is 8.90. The number of H-pyrrole nitrogens is 1. The summed E-state index contributed by atoms with van der Waals surface area (Å²) >= 11 is 0. The zero-order valence-electron chi connectivity index (χ0n) is 17.0. The van der Waals surface area contributed by atoms with Gasteiger partial charge in [0.2, 0.25) is 0 Å². The molecule has 0 aliphatic rings. The second kappa shape index (κ2) is 10.0. The van der Waals surface area contributed by atoms with Crippen LogP contribution in [0, 0.1) is 11.8 Å². The highest BCUT2D eigenvalue weighted by Gasteiger charge is 2.10. The summed E-state index contributed by atoms with van der Waals surface area (Å²) in [5.41, 5.74) is 5.45. The fraction of sp³-hybridized carbons (Fsp3) is 0.115. The predicted octanol–water partition coefficient (Wildman–Crippen LogP) is 4.23. The molecule has 2 heterocycles. The number of carbonyl (C=O) groups excluding carboxylic acids is 1. The highest BCUT2D eigenvalue weighted by molar-refractivity contribution is 5.95. The van der Waals surface area contributed by atoms with E-state index in [4.69, 9.17) is 0 Å². The van der Waals surface area contributed by atoms with Crippen LogP contribution in [0.4, 0.5) is 0 Å². The van der Waals surface area contributed by atoms with Crippen molar-refractivity contribution in [1.29, 1.82) is 0 Å². The predicted molar refractivity (Wildman–Crippen MR) is 121 cm³/mol. The number of carbonyl (C=O) groups is 1. The monoisotopic (exact) mass is 406 g/mol. The number of amides is 1. The number of nitrogens with one attached hydrogen (secondary N) is 2. The molecular weight excluding hydrogens is 384 g/mol. The number of nitrogens with zero attached hydrogens (tertiary/aromatic N) is 2. The van der Waals surface area contributed by atoms with Crippen molar-refractivity contribution in [2.75, 3.05) is 6.54 Å². The molecule has 0 saturated heterocycles. The van der Waals surface area contributed by atoms with Crippen molar-refractivity contribution in [3.05, 3.63) is 108 Å². The molecular formula is C26H22N4O. The van der Waals surface area contributed by atoms with Gasteiger partial charge in [-0.2, -0.15) is 5.10 Å². The molecule has 4 aromatic rings. The van der Waals surface area contributed by atoms with Crippen LogP contribution in [0.1, 0.15) is 33.5 Å². The van der Waals surface area contributed by atoms with Crippen LogP contribution in [0.15, 0.2) is 85.5 Å². The van der Waals surface area contributed by atoms with E-state index in [1.54, 1.807) is 18.6 Å². The number of aryl methyl sites for hydroxylation is 1.